The van der Waals surface area contributed by atoms with E-state index in [1.54, 1.807) is 48.5 Å². The number of aromatic hydroxyl groups is 1. The molecule has 218 valence electrons. The topological polar surface area (TPSA) is 104 Å². The molecule has 0 bridgehead atoms. The first-order valence-electron chi connectivity index (χ1n) is 14.3. The number of phenolic OH excluding ortho intramolecular Hbond substituents is 1. The Kier molecular flexibility index (Phi) is 6.50. The van der Waals surface area contributed by atoms with Crippen LogP contribution in [0.4, 0.5) is 11.4 Å². The Hall–Kier alpha value is -3.99. The summed E-state index contributed by atoms with van der Waals surface area (Å²) in [4.78, 5) is 59.2. The van der Waals surface area contributed by atoms with Gasteiger partial charge in [0.1, 0.15) is 11.5 Å². The number of carbonyl (C=O) groups excluding carboxylic acids is 4. The fourth-order valence-corrected chi connectivity index (χ4v) is 8.33. The summed E-state index contributed by atoms with van der Waals surface area (Å²) in [5, 5.41) is 10.3. The molecule has 9 heteroatoms. The van der Waals surface area contributed by atoms with Crippen LogP contribution in [0, 0.1) is 32.7 Å². The summed E-state index contributed by atoms with van der Waals surface area (Å²) in [6.45, 7) is 1.83. The number of allylic oxidation sites excluding steroid dienone is 2. The van der Waals surface area contributed by atoms with Crippen molar-refractivity contribution < 1.29 is 29.0 Å². The molecular weight excluding hydrogens is 659 g/mol. The quantitative estimate of drug-likeness (QED) is 0.223. The number of rotatable bonds is 4. The third-order valence-corrected chi connectivity index (χ3v) is 10.6. The van der Waals surface area contributed by atoms with E-state index in [1.165, 1.54) is 23.0 Å². The van der Waals surface area contributed by atoms with Crippen molar-refractivity contribution in [3.05, 3.63) is 93.6 Å². The number of carbonyl (C=O) groups is 4. The standard InChI is InChI=1S/C34H29IN2O6/c1-34-26(31(40)37(33(34)42)19-6-4-3-5-7-19)17-25-22(29(34)23-13-12-21(38)16-27(23)43-2)14-15-24-28(25)32(41)36(30(24)39)20-10-8-18(35)9-11-20/h3-14,16,24-26,28-29,38H,15,17H2,1-2H3/t24-,25+,26-,28-,29+,34+/m0/s1. The lowest BCUT2D eigenvalue weighted by Gasteiger charge is -2.49. The molecule has 8 nitrogen and oxygen atoms in total. The van der Waals surface area contributed by atoms with Crippen LogP contribution in [0.25, 0.3) is 0 Å². The van der Waals surface area contributed by atoms with Crippen LogP contribution in [-0.4, -0.2) is 35.8 Å². The Balaban J connectivity index is 1.39. The molecule has 1 N–H and O–H groups in total. The maximum absolute atomic E-state index is 14.5. The van der Waals surface area contributed by atoms with Gasteiger partial charge in [0.05, 0.1) is 41.7 Å². The number of amides is 4. The lowest BCUT2D eigenvalue weighted by molar-refractivity contribution is -0.131. The third kappa shape index (κ3) is 3.93. The van der Waals surface area contributed by atoms with Crippen molar-refractivity contribution >= 4 is 57.6 Å². The molecule has 3 fully saturated rings. The predicted octanol–water partition coefficient (Wildman–Crippen LogP) is 5.44. The Morgan fingerprint density at radius 2 is 1.56 bits per heavy atom. The molecule has 3 aromatic carbocycles. The Morgan fingerprint density at radius 3 is 2.26 bits per heavy atom. The van der Waals surface area contributed by atoms with Gasteiger partial charge in [-0.05, 0) is 90.7 Å². The van der Waals surface area contributed by atoms with Crippen LogP contribution in [0.2, 0.25) is 0 Å². The number of phenols is 1. The molecule has 2 saturated heterocycles. The summed E-state index contributed by atoms with van der Waals surface area (Å²) < 4.78 is 6.70. The first kappa shape index (κ1) is 27.8. The second-order valence-electron chi connectivity index (χ2n) is 11.9. The average molecular weight is 689 g/mol. The number of hydrogen-bond donors (Lipinski definition) is 1. The molecule has 2 heterocycles. The van der Waals surface area contributed by atoms with E-state index in [-0.39, 0.29) is 35.8 Å². The van der Waals surface area contributed by atoms with E-state index in [2.05, 4.69) is 22.6 Å². The Morgan fingerprint density at radius 1 is 0.860 bits per heavy atom. The van der Waals surface area contributed by atoms with E-state index >= 15 is 0 Å². The highest BCUT2D eigenvalue weighted by atomic mass is 127. The molecule has 0 spiro atoms. The van der Waals surface area contributed by atoms with Crippen molar-refractivity contribution in [1.82, 2.24) is 0 Å². The highest BCUT2D eigenvalue weighted by Gasteiger charge is 2.68. The molecule has 1 saturated carbocycles. The van der Waals surface area contributed by atoms with Crippen LogP contribution < -0.4 is 14.5 Å². The molecule has 2 aliphatic carbocycles. The average Bonchev–Trinajstić information content (AvgIpc) is 3.38. The van der Waals surface area contributed by atoms with Gasteiger partial charge in [0.15, 0.2) is 0 Å². The second-order valence-corrected chi connectivity index (χ2v) is 13.2. The van der Waals surface area contributed by atoms with E-state index in [0.717, 1.165) is 9.14 Å². The number of ether oxygens (including phenoxy) is 1. The highest BCUT2D eigenvalue weighted by Crippen LogP contribution is 2.64. The van der Waals surface area contributed by atoms with E-state index in [4.69, 9.17) is 4.74 Å². The van der Waals surface area contributed by atoms with Gasteiger partial charge in [-0.25, -0.2) is 4.90 Å². The van der Waals surface area contributed by atoms with Gasteiger partial charge in [0.2, 0.25) is 23.6 Å². The predicted molar refractivity (Wildman–Crippen MR) is 167 cm³/mol. The van der Waals surface area contributed by atoms with Gasteiger partial charge in [-0.1, -0.05) is 35.9 Å². The third-order valence-electron chi connectivity index (χ3n) is 9.90. The van der Waals surface area contributed by atoms with Gasteiger partial charge in [-0.2, -0.15) is 0 Å². The van der Waals surface area contributed by atoms with E-state index < -0.39 is 35.0 Å². The van der Waals surface area contributed by atoms with Crippen LogP contribution in [0.1, 0.15) is 31.2 Å². The smallest absolute Gasteiger partial charge is 0.241 e. The second kappa shape index (κ2) is 10.0. The summed E-state index contributed by atoms with van der Waals surface area (Å²) in [5.74, 6) is -3.73. The Bertz CT molecular complexity index is 1720. The zero-order chi connectivity index (χ0) is 30.2. The molecule has 43 heavy (non-hydrogen) atoms. The van der Waals surface area contributed by atoms with Crippen LogP contribution in [-0.2, 0) is 19.2 Å². The highest BCUT2D eigenvalue weighted by molar-refractivity contribution is 14.1. The van der Waals surface area contributed by atoms with E-state index in [9.17, 15) is 24.3 Å². The zero-order valence-corrected chi connectivity index (χ0v) is 25.7. The van der Waals surface area contributed by atoms with Crippen molar-refractivity contribution in [1.29, 1.82) is 0 Å². The summed E-state index contributed by atoms with van der Waals surface area (Å²) >= 11 is 2.18. The largest absolute Gasteiger partial charge is 0.508 e. The SMILES string of the molecule is COc1cc(O)ccc1[C@H]1C2=CC[C@@H]3C(=O)N(c4ccc(I)cc4)C(=O)[C@@H]3[C@@H]2C[C@H]2C(=O)N(c3ccccc3)C(=O)[C@@]12C. The minimum Gasteiger partial charge on any atom is -0.508 e. The Labute approximate surface area is 262 Å². The van der Waals surface area contributed by atoms with Gasteiger partial charge in [0, 0.05) is 21.1 Å². The normalized spacial score (nSPS) is 29.7. The molecule has 3 aromatic rings. The fraction of sp³-hybridized carbons (Fsp3) is 0.294. The van der Waals surface area contributed by atoms with Crippen LogP contribution in [0.5, 0.6) is 11.5 Å². The molecular formula is C34H29IN2O6. The van der Waals surface area contributed by atoms with Crippen LogP contribution in [0.3, 0.4) is 0 Å². The van der Waals surface area contributed by atoms with Crippen molar-refractivity contribution in [2.45, 2.75) is 25.7 Å². The lowest BCUT2D eigenvalue weighted by Crippen LogP contribution is -2.49. The number of fused-ring (bicyclic) bond motifs is 4. The van der Waals surface area contributed by atoms with Gasteiger partial charge in [-0.3, -0.25) is 24.1 Å². The van der Waals surface area contributed by atoms with Crippen molar-refractivity contribution in [2.24, 2.45) is 29.1 Å². The van der Waals surface area contributed by atoms with Gasteiger partial charge < -0.3 is 9.84 Å². The minimum absolute atomic E-state index is 0.0109. The van der Waals surface area contributed by atoms with Gasteiger partial charge in [-0.15, -0.1) is 0 Å². The molecule has 0 unspecified atom stereocenters. The van der Waals surface area contributed by atoms with Crippen molar-refractivity contribution in [3.8, 4) is 11.5 Å². The van der Waals surface area contributed by atoms with Crippen molar-refractivity contribution in [3.63, 3.8) is 0 Å². The summed E-state index contributed by atoms with van der Waals surface area (Å²) in [5.41, 5.74) is 1.37. The number of halogens is 1. The van der Waals surface area contributed by atoms with Crippen LogP contribution >= 0.6 is 22.6 Å². The molecule has 4 aliphatic rings. The zero-order valence-electron chi connectivity index (χ0n) is 23.6. The number of nitrogens with zero attached hydrogens (tertiary/aromatic N) is 2. The molecule has 0 radical (unpaired) electrons. The molecule has 7 rings (SSSR count). The summed E-state index contributed by atoms with van der Waals surface area (Å²) in [6, 6.07) is 21.0. The molecule has 4 amide bonds. The first-order chi connectivity index (χ1) is 20.7. The number of anilines is 2. The summed E-state index contributed by atoms with van der Waals surface area (Å²) in [6.07, 6.45) is 2.63. The molecule has 0 aromatic heterocycles. The number of imide groups is 2. The maximum Gasteiger partial charge on any atom is 0.241 e. The number of methoxy groups -OCH3 is 1. The minimum atomic E-state index is -1.19. The number of benzene rings is 3. The maximum atomic E-state index is 14.5. The van der Waals surface area contributed by atoms with E-state index in [0.29, 0.717) is 29.1 Å². The van der Waals surface area contributed by atoms with Gasteiger partial charge in [0.25, 0.3) is 0 Å². The summed E-state index contributed by atoms with van der Waals surface area (Å²) in [7, 11) is 1.50. The van der Waals surface area contributed by atoms with Gasteiger partial charge >= 0.3 is 0 Å². The fourth-order valence-electron chi connectivity index (χ4n) is 7.97. The number of para-hydroxylation sites is 1. The molecule has 6 atom stereocenters. The monoisotopic (exact) mass is 688 g/mol. The lowest BCUT2D eigenvalue weighted by atomic mass is 9.51. The molecule has 2 aliphatic heterocycles. The number of hydrogen-bond acceptors (Lipinski definition) is 6. The van der Waals surface area contributed by atoms with Crippen molar-refractivity contribution in [2.75, 3.05) is 16.9 Å². The van der Waals surface area contributed by atoms with E-state index in [1.807, 2.05) is 31.2 Å². The first-order valence-corrected chi connectivity index (χ1v) is 15.4. The van der Waals surface area contributed by atoms with Crippen LogP contribution in [0.15, 0.2) is 84.4 Å².